The van der Waals surface area contributed by atoms with Crippen molar-refractivity contribution in [1.29, 1.82) is 0 Å². The number of fused-ring (bicyclic) bond motifs is 1. The molecular weight excluding hydrogens is 262 g/mol. The van der Waals surface area contributed by atoms with E-state index in [1.54, 1.807) is 6.07 Å². The van der Waals surface area contributed by atoms with Crippen LogP contribution in [0.3, 0.4) is 0 Å². The second-order valence-corrected chi connectivity index (χ2v) is 4.45. The molecule has 3 rings (SSSR count). The van der Waals surface area contributed by atoms with Crippen LogP contribution in [0.2, 0.25) is 0 Å². The van der Waals surface area contributed by atoms with Crippen molar-refractivity contribution in [2.24, 2.45) is 0 Å². The van der Waals surface area contributed by atoms with Gasteiger partial charge in [-0.05, 0) is 36.4 Å². The molecule has 0 saturated carbocycles. The minimum Gasteiger partial charge on any atom is -0.398 e. The molecule has 1 aromatic heterocycles. The van der Waals surface area contributed by atoms with Gasteiger partial charge >= 0.3 is 0 Å². The molecule has 0 aliphatic heterocycles. The zero-order valence-electron chi connectivity index (χ0n) is 10.3. The first-order valence-corrected chi connectivity index (χ1v) is 5.92. The molecule has 3 nitrogen and oxygen atoms in total. The van der Waals surface area contributed by atoms with E-state index in [9.17, 15) is 13.6 Å². The summed E-state index contributed by atoms with van der Waals surface area (Å²) in [5.74, 6) is -1.32. The average molecular weight is 272 g/mol. The Morgan fingerprint density at radius 3 is 2.45 bits per heavy atom. The minimum atomic E-state index is -0.510. The Morgan fingerprint density at radius 2 is 1.70 bits per heavy atom. The molecule has 0 aliphatic rings. The lowest BCUT2D eigenvalue weighted by Gasteiger charge is -2.04. The van der Waals surface area contributed by atoms with E-state index >= 15 is 0 Å². The summed E-state index contributed by atoms with van der Waals surface area (Å²) in [4.78, 5) is 15.3. The van der Waals surface area contributed by atoms with Crippen LogP contribution < -0.4 is 5.73 Å². The minimum absolute atomic E-state index is 0.0563. The summed E-state index contributed by atoms with van der Waals surface area (Å²) in [6.45, 7) is 0. The Hall–Kier alpha value is -2.69. The van der Waals surface area contributed by atoms with Gasteiger partial charge in [0, 0.05) is 33.9 Å². The van der Waals surface area contributed by atoms with Crippen molar-refractivity contribution in [2.75, 3.05) is 5.73 Å². The average Bonchev–Trinajstić information content (AvgIpc) is 2.81. The molecule has 0 aliphatic carbocycles. The number of nitrogens with two attached hydrogens (primary N) is 1. The highest BCUT2D eigenvalue weighted by Crippen LogP contribution is 2.24. The Balaban J connectivity index is 2.15. The molecule has 0 radical (unpaired) electrons. The smallest absolute Gasteiger partial charge is 0.197 e. The molecule has 100 valence electrons. The van der Waals surface area contributed by atoms with E-state index in [-0.39, 0.29) is 17.0 Å². The number of hydrogen-bond acceptors (Lipinski definition) is 2. The fourth-order valence-electron chi connectivity index (χ4n) is 2.17. The molecule has 1 heterocycles. The topological polar surface area (TPSA) is 58.9 Å². The molecule has 3 N–H and O–H groups in total. The van der Waals surface area contributed by atoms with Crippen LogP contribution >= 0.6 is 0 Å². The van der Waals surface area contributed by atoms with Crippen molar-refractivity contribution in [3.05, 3.63) is 65.4 Å². The number of hydrogen-bond donors (Lipinski definition) is 2. The molecule has 2 aromatic carbocycles. The molecule has 20 heavy (non-hydrogen) atoms. The van der Waals surface area contributed by atoms with E-state index in [0.717, 1.165) is 6.07 Å². The predicted octanol–water partition coefficient (Wildman–Crippen LogP) is 3.26. The molecule has 0 saturated heterocycles. The zero-order chi connectivity index (χ0) is 14.3. The molecule has 0 atom stereocenters. The standard InChI is InChI=1S/C15H10F2N2O/c16-8-2-4-14-11(5-8)12(7-19-14)15(20)10-3-1-9(17)6-13(10)18/h1-7,19H,18H2. The number of carbonyl (C=O) groups is 1. The van der Waals surface area contributed by atoms with Crippen molar-refractivity contribution in [1.82, 2.24) is 4.98 Å². The number of nitrogens with one attached hydrogen (secondary N) is 1. The largest absolute Gasteiger partial charge is 0.398 e. The van der Waals surface area contributed by atoms with Crippen LogP contribution in [0.5, 0.6) is 0 Å². The molecule has 3 aromatic rings. The molecule has 0 unspecified atom stereocenters. The maximum Gasteiger partial charge on any atom is 0.197 e. The van der Waals surface area contributed by atoms with Gasteiger partial charge in [-0.25, -0.2) is 8.78 Å². The molecule has 5 heteroatoms. The number of aromatic amines is 1. The highest BCUT2D eigenvalue weighted by molar-refractivity contribution is 6.18. The molecule has 0 amide bonds. The van der Waals surface area contributed by atoms with Crippen molar-refractivity contribution in [3.8, 4) is 0 Å². The van der Waals surface area contributed by atoms with Crippen LogP contribution in [0.1, 0.15) is 15.9 Å². The van der Waals surface area contributed by atoms with Gasteiger partial charge in [-0.3, -0.25) is 4.79 Å². The lowest BCUT2D eigenvalue weighted by Crippen LogP contribution is -2.05. The van der Waals surface area contributed by atoms with Gasteiger partial charge in [0.05, 0.1) is 0 Å². The maximum atomic E-state index is 13.3. The van der Waals surface area contributed by atoms with E-state index in [1.165, 1.54) is 30.5 Å². The van der Waals surface area contributed by atoms with Crippen LogP contribution in [0.15, 0.2) is 42.6 Å². The summed E-state index contributed by atoms with van der Waals surface area (Å²) in [7, 11) is 0. The van der Waals surface area contributed by atoms with E-state index < -0.39 is 11.6 Å². The van der Waals surface area contributed by atoms with Crippen molar-refractivity contribution >= 4 is 22.4 Å². The monoisotopic (exact) mass is 272 g/mol. The lowest BCUT2D eigenvalue weighted by molar-refractivity contribution is 0.104. The summed E-state index contributed by atoms with van der Waals surface area (Å²) >= 11 is 0. The zero-order valence-corrected chi connectivity index (χ0v) is 10.3. The fourth-order valence-corrected chi connectivity index (χ4v) is 2.17. The highest BCUT2D eigenvalue weighted by atomic mass is 19.1. The van der Waals surface area contributed by atoms with Gasteiger partial charge in [0.2, 0.25) is 0 Å². The van der Waals surface area contributed by atoms with Gasteiger partial charge in [-0.15, -0.1) is 0 Å². The Kier molecular flexibility index (Phi) is 2.75. The first-order chi connectivity index (χ1) is 9.56. The summed E-state index contributed by atoms with van der Waals surface area (Å²) in [6, 6.07) is 7.71. The Labute approximate surface area is 113 Å². The van der Waals surface area contributed by atoms with E-state index in [2.05, 4.69) is 4.98 Å². The number of rotatable bonds is 2. The third kappa shape index (κ3) is 1.93. The normalized spacial score (nSPS) is 10.9. The number of benzene rings is 2. The van der Waals surface area contributed by atoms with Crippen molar-refractivity contribution in [3.63, 3.8) is 0 Å². The van der Waals surface area contributed by atoms with Crippen LogP contribution in [-0.2, 0) is 0 Å². The third-order valence-corrected chi connectivity index (χ3v) is 3.15. The number of aromatic nitrogens is 1. The number of halogens is 2. The van der Waals surface area contributed by atoms with Gasteiger partial charge in [-0.1, -0.05) is 0 Å². The van der Waals surface area contributed by atoms with Crippen LogP contribution in [-0.4, -0.2) is 10.8 Å². The molecule has 0 bridgehead atoms. The van der Waals surface area contributed by atoms with Crippen LogP contribution in [0.25, 0.3) is 10.9 Å². The van der Waals surface area contributed by atoms with E-state index in [4.69, 9.17) is 5.73 Å². The van der Waals surface area contributed by atoms with Crippen LogP contribution in [0.4, 0.5) is 14.5 Å². The maximum absolute atomic E-state index is 13.3. The summed E-state index contributed by atoms with van der Waals surface area (Å²) < 4.78 is 26.3. The third-order valence-electron chi connectivity index (χ3n) is 3.15. The number of H-pyrrole nitrogens is 1. The molecular formula is C15H10F2N2O. The predicted molar refractivity (Wildman–Crippen MR) is 72.5 cm³/mol. The Morgan fingerprint density at radius 1 is 1.00 bits per heavy atom. The first kappa shape index (κ1) is 12.3. The van der Waals surface area contributed by atoms with Gasteiger partial charge in [0.15, 0.2) is 5.78 Å². The summed E-state index contributed by atoms with van der Waals surface area (Å²) in [5.41, 5.74) is 6.86. The molecule has 0 spiro atoms. The Bertz CT molecular complexity index is 824. The van der Waals surface area contributed by atoms with Gasteiger partial charge in [-0.2, -0.15) is 0 Å². The lowest BCUT2D eigenvalue weighted by atomic mass is 10.0. The number of anilines is 1. The van der Waals surface area contributed by atoms with Crippen molar-refractivity contribution in [2.45, 2.75) is 0 Å². The fraction of sp³-hybridized carbons (Fsp3) is 0. The summed E-state index contributed by atoms with van der Waals surface area (Å²) in [5, 5.41) is 0.471. The SMILES string of the molecule is Nc1cc(F)ccc1C(=O)c1c[nH]c2ccc(F)cc12. The van der Waals surface area contributed by atoms with E-state index in [0.29, 0.717) is 16.5 Å². The van der Waals surface area contributed by atoms with E-state index in [1.807, 2.05) is 0 Å². The second-order valence-electron chi connectivity index (χ2n) is 4.45. The summed E-state index contributed by atoms with van der Waals surface area (Å²) in [6.07, 6.45) is 1.50. The number of ketones is 1. The van der Waals surface area contributed by atoms with Gasteiger partial charge in [0.25, 0.3) is 0 Å². The highest BCUT2D eigenvalue weighted by Gasteiger charge is 2.17. The second kappa shape index (κ2) is 4.45. The number of carbonyl (C=O) groups excluding carboxylic acids is 1. The van der Waals surface area contributed by atoms with Gasteiger partial charge in [0.1, 0.15) is 11.6 Å². The molecule has 0 fully saturated rings. The number of nitrogen functional groups attached to an aromatic ring is 1. The van der Waals surface area contributed by atoms with Gasteiger partial charge < -0.3 is 10.7 Å². The van der Waals surface area contributed by atoms with Crippen LogP contribution in [0, 0.1) is 11.6 Å². The quantitative estimate of drug-likeness (QED) is 0.555. The van der Waals surface area contributed by atoms with Crippen molar-refractivity contribution < 1.29 is 13.6 Å². The first-order valence-electron chi connectivity index (χ1n) is 5.92.